The fourth-order valence-corrected chi connectivity index (χ4v) is 5.68. The first-order valence-corrected chi connectivity index (χ1v) is 13.0. The normalized spacial score (nSPS) is 17.3. The highest BCUT2D eigenvalue weighted by Crippen LogP contribution is 2.24. The quantitative estimate of drug-likeness (QED) is 0.503. The first-order valence-electron chi connectivity index (χ1n) is 11.5. The number of hydrogen-bond acceptors (Lipinski definition) is 5. The Hall–Kier alpha value is -3.56. The lowest BCUT2D eigenvalue weighted by atomic mass is 9.97. The van der Waals surface area contributed by atoms with Gasteiger partial charge in [0.1, 0.15) is 6.04 Å². The van der Waals surface area contributed by atoms with Crippen LogP contribution in [0.15, 0.2) is 90.1 Å². The number of piperidine rings is 1. The minimum absolute atomic E-state index is 0.0747. The summed E-state index contributed by atoms with van der Waals surface area (Å²) in [7, 11) is -3.70. The van der Waals surface area contributed by atoms with Gasteiger partial charge in [-0.25, -0.2) is 8.42 Å². The molecule has 0 radical (unpaired) electrons. The summed E-state index contributed by atoms with van der Waals surface area (Å²) >= 11 is 0. The maximum atomic E-state index is 13.2. The molecule has 3 aromatic rings. The molecule has 0 aliphatic carbocycles. The van der Waals surface area contributed by atoms with Crippen LogP contribution in [0.25, 0.3) is 0 Å². The largest absolute Gasteiger partial charge is 0.344 e. The molecule has 2 aromatic carbocycles. The molecule has 0 bridgehead atoms. The van der Waals surface area contributed by atoms with E-state index in [9.17, 15) is 18.0 Å². The van der Waals surface area contributed by atoms with E-state index in [-0.39, 0.29) is 23.3 Å². The molecule has 2 heterocycles. The van der Waals surface area contributed by atoms with Crippen molar-refractivity contribution < 1.29 is 18.0 Å². The fourth-order valence-electron chi connectivity index (χ4n) is 4.13. The molecule has 2 amide bonds. The summed E-state index contributed by atoms with van der Waals surface area (Å²) in [5.41, 5.74) is 1.43. The minimum Gasteiger partial charge on any atom is -0.344 e. The van der Waals surface area contributed by atoms with Crippen molar-refractivity contribution in [3.8, 4) is 0 Å². The second-order valence-electron chi connectivity index (χ2n) is 8.50. The Balaban J connectivity index is 1.48. The summed E-state index contributed by atoms with van der Waals surface area (Å²) < 4.78 is 27.5. The number of pyridine rings is 1. The van der Waals surface area contributed by atoms with E-state index in [1.807, 2.05) is 30.3 Å². The van der Waals surface area contributed by atoms with Crippen LogP contribution in [0.4, 0.5) is 5.69 Å². The number of hydrogen-bond donors (Lipinski definition) is 2. The molecule has 8 nitrogen and oxygen atoms in total. The van der Waals surface area contributed by atoms with Gasteiger partial charge in [0.2, 0.25) is 21.8 Å². The molecule has 2 N–H and O–H groups in total. The van der Waals surface area contributed by atoms with Gasteiger partial charge in [-0.05, 0) is 42.7 Å². The molecule has 0 saturated carbocycles. The van der Waals surface area contributed by atoms with Crippen molar-refractivity contribution >= 4 is 27.5 Å². The Labute approximate surface area is 205 Å². The summed E-state index contributed by atoms with van der Waals surface area (Å²) in [6.45, 7) is 0.432. The van der Waals surface area contributed by atoms with E-state index in [0.29, 0.717) is 31.5 Å². The topological polar surface area (TPSA) is 108 Å². The van der Waals surface area contributed by atoms with Crippen LogP contribution in [0.1, 0.15) is 18.4 Å². The van der Waals surface area contributed by atoms with Crippen LogP contribution in [-0.2, 0) is 26.0 Å². The Morgan fingerprint density at radius 3 is 2.40 bits per heavy atom. The molecular weight excluding hydrogens is 464 g/mol. The summed E-state index contributed by atoms with van der Waals surface area (Å²) in [6, 6.07) is 20.3. The van der Waals surface area contributed by atoms with Crippen molar-refractivity contribution in [2.75, 3.05) is 18.4 Å². The number of benzene rings is 2. The molecule has 2 atom stereocenters. The Morgan fingerprint density at radius 1 is 1.00 bits per heavy atom. The number of amides is 2. The van der Waals surface area contributed by atoms with Gasteiger partial charge in [-0.15, -0.1) is 0 Å². The highest BCUT2D eigenvalue weighted by molar-refractivity contribution is 7.89. The summed E-state index contributed by atoms with van der Waals surface area (Å²) in [5, 5.41) is 5.68. The second kappa shape index (κ2) is 11.2. The number of sulfonamides is 1. The number of anilines is 1. The Morgan fingerprint density at radius 2 is 1.71 bits per heavy atom. The number of aromatic nitrogens is 1. The van der Waals surface area contributed by atoms with Crippen molar-refractivity contribution in [3.63, 3.8) is 0 Å². The molecule has 182 valence electrons. The molecule has 1 fully saturated rings. The SMILES string of the molecule is O=C(NC(Cc1ccccc1)C(=O)Nc1cccnc1)C1CCCN(S(=O)(=O)c2ccccc2)C1. The van der Waals surface area contributed by atoms with E-state index >= 15 is 0 Å². The van der Waals surface area contributed by atoms with E-state index in [1.165, 1.54) is 10.5 Å². The predicted molar refractivity (Wildman–Crippen MR) is 133 cm³/mol. The lowest BCUT2D eigenvalue weighted by molar-refractivity contribution is -0.130. The molecular formula is C26H28N4O4S. The van der Waals surface area contributed by atoms with Gasteiger partial charge in [0.15, 0.2) is 0 Å². The fraction of sp³-hybridized carbons (Fsp3) is 0.269. The van der Waals surface area contributed by atoms with Gasteiger partial charge in [-0.2, -0.15) is 4.31 Å². The molecule has 1 saturated heterocycles. The Kier molecular flexibility index (Phi) is 7.89. The average Bonchev–Trinajstić information content (AvgIpc) is 2.90. The number of carbonyl (C=O) groups excluding carboxylic acids is 2. The molecule has 2 unspecified atom stereocenters. The molecule has 1 aliphatic rings. The Bertz CT molecular complexity index is 1240. The van der Waals surface area contributed by atoms with E-state index < -0.39 is 22.0 Å². The van der Waals surface area contributed by atoms with Crippen LogP contribution in [-0.4, -0.2) is 48.7 Å². The number of nitrogens with zero attached hydrogens (tertiary/aromatic N) is 2. The summed E-state index contributed by atoms with van der Waals surface area (Å²) in [4.78, 5) is 30.5. The van der Waals surface area contributed by atoms with Crippen molar-refractivity contribution in [1.82, 2.24) is 14.6 Å². The monoisotopic (exact) mass is 492 g/mol. The average molecular weight is 493 g/mol. The summed E-state index contributed by atoms with van der Waals surface area (Å²) in [6.07, 6.45) is 4.56. The highest BCUT2D eigenvalue weighted by Gasteiger charge is 2.34. The third kappa shape index (κ3) is 6.32. The van der Waals surface area contributed by atoms with E-state index in [4.69, 9.17) is 0 Å². The zero-order chi connectivity index (χ0) is 24.7. The maximum absolute atomic E-state index is 13.2. The zero-order valence-electron chi connectivity index (χ0n) is 19.2. The third-order valence-corrected chi connectivity index (χ3v) is 7.86. The van der Waals surface area contributed by atoms with Crippen LogP contribution in [0, 0.1) is 5.92 Å². The first-order chi connectivity index (χ1) is 16.9. The standard InChI is InChI=1S/C26H28N4O4S/c31-25(21-11-8-16-30(19-21)35(33,34)23-13-5-2-6-14-23)29-24(17-20-9-3-1-4-10-20)26(32)28-22-12-7-15-27-18-22/h1-7,9-10,12-15,18,21,24H,8,11,16-17,19H2,(H,28,32)(H,29,31). The lowest BCUT2D eigenvalue weighted by Crippen LogP contribution is -2.51. The molecule has 9 heteroatoms. The van der Waals surface area contributed by atoms with Gasteiger partial charge in [0.05, 0.1) is 22.7 Å². The highest BCUT2D eigenvalue weighted by atomic mass is 32.2. The van der Waals surface area contributed by atoms with Gasteiger partial charge in [-0.1, -0.05) is 48.5 Å². The van der Waals surface area contributed by atoms with Gasteiger partial charge in [-0.3, -0.25) is 14.6 Å². The van der Waals surface area contributed by atoms with E-state index in [2.05, 4.69) is 15.6 Å². The van der Waals surface area contributed by atoms with Crippen LogP contribution < -0.4 is 10.6 Å². The van der Waals surface area contributed by atoms with Crippen molar-refractivity contribution in [1.29, 1.82) is 0 Å². The predicted octanol–water partition coefficient (Wildman–Crippen LogP) is 2.85. The molecule has 4 rings (SSSR count). The second-order valence-corrected chi connectivity index (χ2v) is 10.4. The number of rotatable bonds is 8. The minimum atomic E-state index is -3.70. The van der Waals surface area contributed by atoms with Gasteiger partial charge >= 0.3 is 0 Å². The van der Waals surface area contributed by atoms with Crippen LogP contribution >= 0.6 is 0 Å². The smallest absolute Gasteiger partial charge is 0.247 e. The van der Waals surface area contributed by atoms with Crippen molar-refractivity contribution in [2.45, 2.75) is 30.2 Å². The van der Waals surface area contributed by atoms with Gasteiger partial charge in [0.25, 0.3) is 0 Å². The third-order valence-electron chi connectivity index (χ3n) is 5.98. The zero-order valence-corrected chi connectivity index (χ0v) is 20.0. The molecule has 1 aliphatic heterocycles. The molecule has 1 aromatic heterocycles. The number of carbonyl (C=O) groups is 2. The first kappa shape index (κ1) is 24.6. The summed E-state index contributed by atoms with van der Waals surface area (Å²) in [5.74, 6) is -1.24. The van der Waals surface area contributed by atoms with E-state index in [0.717, 1.165) is 5.56 Å². The van der Waals surface area contributed by atoms with Crippen LogP contribution in [0.2, 0.25) is 0 Å². The van der Waals surface area contributed by atoms with Gasteiger partial charge < -0.3 is 10.6 Å². The van der Waals surface area contributed by atoms with Crippen LogP contribution in [0.3, 0.4) is 0 Å². The molecule has 35 heavy (non-hydrogen) atoms. The van der Waals surface area contributed by atoms with Crippen molar-refractivity contribution in [3.05, 3.63) is 90.8 Å². The number of nitrogens with one attached hydrogen (secondary N) is 2. The van der Waals surface area contributed by atoms with Gasteiger partial charge in [0, 0.05) is 25.7 Å². The maximum Gasteiger partial charge on any atom is 0.247 e. The van der Waals surface area contributed by atoms with Crippen molar-refractivity contribution in [2.24, 2.45) is 5.92 Å². The van der Waals surface area contributed by atoms with E-state index in [1.54, 1.807) is 48.7 Å². The lowest BCUT2D eigenvalue weighted by Gasteiger charge is -2.32. The molecule has 0 spiro atoms. The van der Waals surface area contributed by atoms with Crippen LogP contribution in [0.5, 0.6) is 0 Å².